The van der Waals surface area contributed by atoms with Crippen molar-refractivity contribution in [1.82, 2.24) is 0 Å². The van der Waals surface area contributed by atoms with Crippen molar-refractivity contribution < 1.29 is 9.84 Å². The lowest BCUT2D eigenvalue weighted by atomic mass is 10.2. The molecule has 0 saturated heterocycles. The molecule has 0 heterocycles. The number of nitriles is 1. The SMILES string of the molecule is COc1ccc(Sc2ccc(O)c(C#N)c2)cc1. The zero-order valence-corrected chi connectivity index (χ0v) is 10.6. The van der Waals surface area contributed by atoms with E-state index in [2.05, 4.69) is 0 Å². The first-order valence-electron chi connectivity index (χ1n) is 5.28. The number of hydrogen-bond donors (Lipinski definition) is 1. The third-order valence-corrected chi connectivity index (χ3v) is 3.38. The quantitative estimate of drug-likeness (QED) is 0.915. The Labute approximate surface area is 110 Å². The van der Waals surface area contributed by atoms with Gasteiger partial charge in [-0.25, -0.2) is 0 Å². The van der Waals surface area contributed by atoms with E-state index in [1.165, 1.54) is 17.8 Å². The molecule has 0 aliphatic carbocycles. The number of nitrogens with zero attached hydrogens (tertiary/aromatic N) is 1. The largest absolute Gasteiger partial charge is 0.507 e. The van der Waals surface area contributed by atoms with Gasteiger partial charge in [0.2, 0.25) is 0 Å². The molecule has 0 bridgehead atoms. The van der Waals surface area contributed by atoms with Crippen LogP contribution in [-0.2, 0) is 0 Å². The molecule has 0 atom stereocenters. The lowest BCUT2D eigenvalue weighted by molar-refractivity contribution is 0.414. The number of phenols is 1. The highest BCUT2D eigenvalue weighted by atomic mass is 32.2. The van der Waals surface area contributed by atoms with Crippen LogP contribution in [0.3, 0.4) is 0 Å². The van der Waals surface area contributed by atoms with E-state index in [0.29, 0.717) is 0 Å². The molecule has 2 aromatic carbocycles. The van der Waals surface area contributed by atoms with Crippen molar-refractivity contribution in [2.75, 3.05) is 7.11 Å². The lowest BCUT2D eigenvalue weighted by Crippen LogP contribution is -1.82. The van der Waals surface area contributed by atoms with Crippen molar-refractivity contribution in [1.29, 1.82) is 5.26 Å². The molecule has 0 aliphatic rings. The minimum Gasteiger partial charge on any atom is -0.507 e. The minimum atomic E-state index is 0.0107. The summed E-state index contributed by atoms with van der Waals surface area (Å²) < 4.78 is 5.09. The Kier molecular flexibility index (Phi) is 3.75. The number of methoxy groups -OCH3 is 1. The highest BCUT2D eigenvalue weighted by Gasteiger charge is 2.03. The van der Waals surface area contributed by atoms with Gasteiger partial charge in [0.15, 0.2) is 0 Å². The Morgan fingerprint density at radius 1 is 1.11 bits per heavy atom. The van der Waals surface area contributed by atoms with Crippen molar-refractivity contribution in [2.45, 2.75) is 9.79 Å². The molecule has 1 N–H and O–H groups in total. The predicted molar refractivity (Wildman–Crippen MR) is 69.9 cm³/mol. The van der Waals surface area contributed by atoms with Gasteiger partial charge in [0.25, 0.3) is 0 Å². The van der Waals surface area contributed by atoms with Crippen molar-refractivity contribution >= 4 is 11.8 Å². The molecule has 3 nitrogen and oxygen atoms in total. The van der Waals surface area contributed by atoms with E-state index in [1.807, 2.05) is 30.3 Å². The fourth-order valence-electron chi connectivity index (χ4n) is 1.45. The average Bonchev–Trinajstić information content (AvgIpc) is 2.42. The highest BCUT2D eigenvalue weighted by molar-refractivity contribution is 7.99. The van der Waals surface area contributed by atoms with E-state index in [4.69, 9.17) is 10.00 Å². The van der Waals surface area contributed by atoms with E-state index in [9.17, 15) is 5.11 Å². The van der Waals surface area contributed by atoms with Gasteiger partial charge in [0.05, 0.1) is 12.7 Å². The standard InChI is InChI=1S/C14H11NO2S/c1-17-11-2-4-12(5-3-11)18-13-6-7-14(16)10(8-13)9-15/h2-8,16H,1H3. The number of phenolic OH excluding ortho intramolecular Hbond substituents is 1. The maximum absolute atomic E-state index is 9.42. The summed E-state index contributed by atoms with van der Waals surface area (Å²) in [5.41, 5.74) is 0.286. The molecule has 2 aromatic rings. The molecular formula is C14H11NO2S. The number of benzene rings is 2. The molecule has 4 heteroatoms. The zero-order chi connectivity index (χ0) is 13.0. The molecule has 0 aromatic heterocycles. The lowest BCUT2D eigenvalue weighted by Gasteiger charge is -2.04. The van der Waals surface area contributed by atoms with E-state index in [1.54, 1.807) is 19.2 Å². The Bertz CT molecular complexity index is 588. The first-order valence-corrected chi connectivity index (χ1v) is 6.09. The third-order valence-electron chi connectivity index (χ3n) is 2.38. The smallest absolute Gasteiger partial charge is 0.133 e. The maximum atomic E-state index is 9.42. The molecule has 0 aliphatic heterocycles. The molecule has 2 rings (SSSR count). The Hall–Kier alpha value is -2.12. The van der Waals surface area contributed by atoms with E-state index in [-0.39, 0.29) is 11.3 Å². The molecule has 0 unspecified atom stereocenters. The summed E-state index contributed by atoms with van der Waals surface area (Å²) in [6, 6.07) is 14.6. The Morgan fingerprint density at radius 2 is 1.78 bits per heavy atom. The summed E-state index contributed by atoms with van der Waals surface area (Å²) in [6.07, 6.45) is 0. The minimum absolute atomic E-state index is 0.0107. The van der Waals surface area contributed by atoms with Crippen LogP contribution in [0, 0.1) is 11.3 Å². The van der Waals surface area contributed by atoms with Crippen LogP contribution in [0.1, 0.15) is 5.56 Å². The van der Waals surface area contributed by atoms with Crippen molar-refractivity contribution in [2.24, 2.45) is 0 Å². The molecule has 0 saturated carbocycles. The summed E-state index contributed by atoms with van der Waals surface area (Å²) in [4.78, 5) is 1.96. The summed E-state index contributed by atoms with van der Waals surface area (Å²) >= 11 is 1.53. The van der Waals surface area contributed by atoms with Crippen LogP contribution in [-0.4, -0.2) is 12.2 Å². The van der Waals surface area contributed by atoms with Gasteiger partial charge in [-0.05, 0) is 42.5 Å². The molecule has 0 radical (unpaired) electrons. The fourth-order valence-corrected chi connectivity index (χ4v) is 2.31. The third kappa shape index (κ3) is 2.76. The molecule has 18 heavy (non-hydrogen) atoms. The molecule has 0 spiro atoms. The van der Waals surface area contributed by atoms with E-state index >= 15 is 0 Å². The van der Waals surface area contributed by atoms with Gasteiger partial charge < -0.3 is 9.84 Å². The van der Waals surface area contributed by atoms with Gasteiger partial charge in [-0.15, -0.1) is 0 Å². The first-order chi connectivity index (χ1) is 8.72. The van der Waals surface area contributed by atoms with Gasteiger partial charge in [0.1, 0.15) is 17.6 Å². The number of ether oxygens (including phenoxy) is 1. The Balaban J connectivity index is 2.20. The molecule has 0 amide bonds. The van der Waals surface area contributed by atoms with Crippen LogP contribution in [0.5, 0.6) is 11.5 Å². The number of hydrogen-bond acceptors (Lipinski definition) is 4. The molecular weight excluding hydrogens is 246 g/mol. The number of rotatable bonds is 3. The van der Waals surface area contributed by atoms with Crippen LogP contribution in [0.2, 0.25) is 0 Å². The summed E-state index contributed by atoms with van der Waals surface area (Å²) in [7, 11) is 1.63. The summed E-state index contributed by atoms with van der Waals surface area (Å²) in [5.74, 6) is 0.819. The monoisotopic (exact) mass is 257 g/mol. The van der Waals surface area contributed by atoms with Gasteiger partial charge in [-0.3, -0.25) is 0 Å². The van der Waals surface area contributed by atoms with Gasteiger partial charge in [-0.2, -0.15) is 5.26 Å². The fraction of sp³-hybridized carbons (Fsp3) is 0.0714. The van der Waals surface area contributed by atoms with Crippen LogP contribution >= 0.6 is 11.8 Å². The maximum Gasteiger partial charge on any atom is 0.133 e. The van der Waals surface area contributed by atoms with Gasteiger partial charge in [-0.1, -0.05) is 11.8 Å². The van der Waals surface area contributed by atoms with Crippen molar-refractivity contribution in [3.05, 3.63) is 48.0 Å². The highest BCUT2D eigenvalue weighted by Crippen LogP contribution is 2.31. The first kappa shape index (κ1) is 12.3. The second kappa shape index (κ2) is 5.48. The van der Waals surface area contributed by atoms with Crippen LogP contribution in [0.25, 0.3) is 0 Å². The summed E-state index contributed by atoms with van der Waals surface area (Å²) in [6.45, 7) is 0. The van der Waals surface area contributed by atoms with E-state index in [0.717, 1.165) is 15.5 Å². The van der Waals surface area contributed by atoms with Gasteiger partial charge in [0, 0.05) is 9.79 Å². The number of aromatic hydroxyl groups is 1. The topological polar surface area (TPSA) is 53.2 Å². The molecule has 90 valence electrons. The second-order valence-corrected chi connectivity index (χ2v) is 4.72. The second-order valence-electron chi connectivity index (χ2n) is 3.57. The van der Waals surface area contributed by atoms with Crippen LogP contribution < -0.4 is 4.74 Å². The molecule has 0 fully saturated rings. The normalized spacial score (nSPS) is 9.78. The van der Waals surface area contributed by atoms with Gasteiger partial charge >= 0.3 is 0 Å². The van der Waals surface area contributed by atoms with Crippen molar-refractivity contribution in [3.63, 3.8) is 0 Å². The van der Waals surface area contributed by atoms with Crippen LogP contribution in [0.4, 0.5) is 0 Å². The Morgan fingerprint density at radius 3 is 2.39 bits per heavy atom. The van der Waals surface area contributed by atoms with Crippen LogP contribution in [0.15, 0.2) is 52.3 Å². The summed E-state index contributed by atoms with van der Waals surface area (Å²) in [5, 5.41) is 18.3. The van der Waals surface area contributed by atoms with Crippen molar-refractivity contribution in [3.8, 4) is 17.6 Å². The average molecular weight is 257 g/mol. The zero-order valence-electron chi connectivity index (χ0n) is 9.75. The predicted octanol–water partition coefficient (Wildman–Crippen LogP) is 3.42. The van der Waals surface area contributed by atoms with E-state index < -0.39 is 0 Å².